The second-order valence-electron chi connectivity index (χ2n) is 5.33. The fourth-order valence-electron chi connectivity index (χ4n) is 2.38. The molecular weight excluding hydrogens is 244 g/mol. The summed E-state index contributed by atoms with van der Waals surface area (Å²) >= 11 is 1.72. The van der Waals surface area contributed by atoms with Crippen molar-refractivity contribution in [2.45, 2.75) is 32.2 Å². The molecule has 0 spiro atoms. The molecule has 96 valence electrons. The van der Waals surface area contributed by atoms with E-state index in [1.54, 1.807) is 11.3 Å². The van der Waals surface area contributed by atoms with Crippen molar-refractivity contribution < 1.29 is 4.74 Å². The van der Waals surface area contributed by atoms with Crippen molar-refractivity contribution in [3.05, 3.63) is 23.8 Å². The number of benzene rings is 1. The Labute approximate surface area is 111 Å². The minimum Gasteiger partial charge on any atom is -0.379 e. The van der Waals surface area contributed by atoms with Gasteiger partial charge < -0.3 is 10.1 Å². The Morgan fingerprint density at radius 2 is 2.33 bits per heavy atom. The minimum absolute atomic E-state index is 0.0289. The Hall–Kier alpha value is -1.13. The summed E-state index contributed by atoms with van der Waals surface area (Å²) in [5.41, 5.74) is 2.37. The van der Waals surface area contributed by atoms with Gasteiger partial charge in [-0.3, -0.25) is 0 Å². The molecule has 0 radical (unpaired) electrons. The van der Waals surface area contributed by atoms with Gasteiger partial charge in [0.1, 0.15) is 0 Å². The highest BCUT2D eigenvalue weighted by Crippen LogP contribution is 2.30. The van der Waals surface area contributed by atoms with Crippen LogP contribution in [0.3, 0.4) is 0 Å². The molecule has 18 heavy (non-hydrogen) atoms. The topological polar surface area (TPSA) is 34.1 Å². The molecule has 1 fully saturated rings. The summed E-state index contributed by atoms with van der Waals surface area (Å²) in [6, 6.07) is 6.42. The highest BCUT2D eigenvalue weighted by Gasteiger charge is 2.28. The molecule has 1 aromatic carbocycles. The maximum atomic E-state index is 5.56. The number of nitrogens with zero attached hydrogens (tertiary/aromatic N) is 1. The van der Waals surface area contributed by atoms with Gasteiger partial charge in [-0.15, -0.1) is 0 Å². The van der Waals surface area contributed by atoms with Crippen LogP contribution in [-0.2, 0) is 4.74 Å². The standard InChI is InChI=1S/C14H18N2OS/c1-10-4-5-12-11(8-10)15-13(18-12)16-14(2)6-3-7-17-9-14/h4-5,8H,3,6-7,9H2,1-2H3,(H,15,16). The quantitative estimate of drug-likeness (QED) is 0.898. The molecule has 1 unspecified atom stereocenters. The molecule has 0 amide bonds. The second kappa shape index (κ2) is 4.52. The first-order valence-corrected chi connectivity index (χ1v) is 7.19. The molecule has 0 aliphatic carbocycles. The Balaban J connectivity index is 1.86. The molecule has 0 saturated carbocycles. The highest BCUT2D eigenvalue weighted by atomic mass is 32.1. The number of ether oxygens (including phenoxy) is 1. The lowest BCUT2D eigenvalue weighted by molar-refractivity contribution is 0.0540. The molecule has 1 aromatic heterocycles. The molecule has 1 atom stereocenters. The number of fused-ring (bicyclic) bond motifs is 1. The predicted octanol–water partition coefficient (Wildman–Crippen LogP) is 3.59. The van der Waals surface area contributed by atoms with E-state index in [-0.39, 0.29) is 5.54 Å². The largest absolute Gasteiger partial charge is 0.379 e. The number of hydrogen-bond acceptors (Lipinski definition) is 4. The molecule has 4 heteroatoms. The van der Waals surface area contributed by atoms with Crippen molar-refractivity contribution in [1.29, 1.82) is 0 Å². The van der Waals surface area contributed by atoms with E-state index in [1.807, 2.05) is 0 Å². The minimum atomic E-state index is 0.0289. The van der Waals surface area contributed by atoms with E-state index in [2.05, 4.69) is 42.3 Å². The lowest BCUT2D eigenvalue weighted by Crippen LogP contribution is -2.42. The first-order chi connectivity index (χ1) is 8.65. The predicted molar refractivity (Wildman–Crippen MR) is 76.4 cm³/mol. The smallest absolute Gasteiger partial charge is 0.184 e. The van der Waals surface area contributed by atoms with Crippen molar-refractivity contribution in [3.8, 4) is 0 Å². The molecule has 1 aliphatic rings. The molecule has 2 aromatic rings. The van der Waals surface area contributed by atoms with E-state index >= 15 is 0 Å². The van der Waals surface area contributed by atoms with Crippen molar-refractivity contribution in [3.63, 3.8) is 0 Å². The normalized spacial score (nSPS) is 24.3. The van der Waals surface area contributed by atoms with Gasteiger partial charge in [0.25, 0.3) is 0 Å². The summed E-state index contributed by atoms with van der Waals surface area (Å²) in [7, 11) is 0. The van der Waals surface area contributed by atoms with Gasteiger partial charge in [-0.1, -0.05) is 17.4 Å². The van der Waals surface area contributed by atoms with Crippen LogP contribution < -0.4 is 5.32 Å². The lowest BCUT2D eigenvalue weighted by Gasteiger charge is -2.34. The number of anilines is 1. The van der Waals surface area contributed by atoms with Crippen LogP contribution in [0.1, 0.15) is 25.3 Å². The zero-order chi connectivity index (χ0) is 12.6. The molecule has 1 N–H and O–H groups in total. The third-order valence-corrected chi connectivity index (χ3v) is 4.34. The number of hydrogen-bond donors (Lipinski definition) is 1. The van der Waals surface area contributed by atoms with Crippen LogP contribution in [0.2, 0.25) is 0 Å². The van der Waals surface area contributed by atoms with Crippen LogP contribution in [0.4, 0.5) is 5.13 Å². The van der Waals surface area contributed by atoms with Crippen LogP contribution in [0.15, 0.2) is 18.2 Å². The van der Waals surface area contributed by atoms with Crippen LogP contribution in [0.25, 0.3) is 10.2 Å². The fourth-order valence-corrected chi connectivity index (χ4v) is 3.38. The first-order valence-electron chi connectivity index (χ1n) is 6.38. The van der Waals surface area contributed by atoms with E-state index in [0.717, 1.165) is 36.7 Å². The molecule has 2 heterocycles. The number of aryl methyl sites for hydroxylation is 1. The molecule has 1 saturated heterocycles. The fraction of sp³-hybridized carbons (Fsp3) is 0.500. The highest BCUT2D eigenvalue weighted by molar-refractivity contribution is 7.22. The van der Waals surface area contributed by atoms with Gasteiger partial charge in [0.2, 0.25) is 0 Å². The van der Waals surface area contributed by atoms with Gasteiger partial charge in [0.15, 0.2) is 5.13 Å². The SMILES string of the molecule is Cc1ccc2sc(NC3(C)CCCOC3)nc2c1. The summed E-state index contributed by atoms with van der Waals surface area (Å²) in [5.74, 6) is 0. The summed E-state index contributed by atoms with van der Waals surface area (Å²) < 4.78 is 6.80. The van der Waals surface area contributed by atoms with Crippen molar-refractivity contribution >= 4 is 26.7 Å². The van der Waals surface area contributed by atoms with Crippen LogP contribution in [0, 0.1) is 6.92 Å². The molecule has 1 aliphatic heterocycles. The Morgan fingerprint density at radius 3 is 3.11 bits per heavy atom. The Bertz CT molecular complexity index is 558. The monoisotopic (exact) mass is 262 g/mol. The Kier molecular flexibility index (Phi) is 2.99. The van der Waals surface area contributed by atoms with Crippen LogP contribution in [-0.4, -0.2) is 23.7 Å². The van der Waals surface area contributed by atoms with Gasteiger partial charge in [0, 0.05) is 6.61 Å². The second-order valence-corrected chi connectivity index (χ2v) is 6.36. The molecule has 3 nitrogen and oxygen atoms in total. The molecule has 0 bridgehead atoms. The average Bonchev–Trinajstić information content (AvgIpc) is 2.70. The third kappa shape index (κ3) is 2.35. The van der Waals surface area contributed by atoms with E-state index < -0.39 is 0 Å². The first kappa shape index (κ1) is 11.9. The van der Waals surface area contributed by atoms with E-state index in [0.29, 0.717) is 0 Å². The zero-order valence-corrected chi connectivity index (χ0v) is 11.6. The van der Waals surface area contributed by atoms with Crippen LogP contribution in [0.5, 0.6) is 0 Å². The average molecular weight is 262 g/mol. The van der Waals surface area contributed by atoms with E-state index in [9.17, 15) is 0 Å². The van der Waals surface area contributed by atoms with Crippen molar-refractivity contribution in [1.82, 2.24) is 4.98 Å². The maximum Gasteiger partial charge on any atom is 0.184 e. The van der Waals surface area contributed by atoms with Gasteiger partial charge >= 0.3 is 0 Å². The molecule has 3 rings (SSSR count). The summed E-state index contributed by atoms with van der Waals surface area (Å²) in [6.07, 6.45) is 2.26. The van der Waals surface area contributed by atoms with E-state index in [4.69, 9.17) is 4.74 Å². The third-order valence-electron chi connectivity index (χ3n) is 3.39. The van der Waals surface area contributed by atoms with Gasteiger partial charge in [0.05, 0.1) is 22.4 Å². The number of thiazole rings is 1. The zero-order valence-electron chi connectivity index (χ0n) is 10.8. The number of rotatable bonds is 2. The van der Waals surface area contributed by atoms with Crippen LogP contribution >= 0.6 is 11.3 Å². The van der Waals surface area contributed by atoms with Crippen molar-refractivity contribution in [2.24, 2.45) is 0 Å². The van der Waals surface area contributed by atoms with Gasteiger partial charge in [-0.2, -0.15) is 0 Å². The summed E-state index contributed by atoms with van der Waals surface area (Å²) in [4.78, 5) is 4.66. The maximum absolute atomic E-state index is 5.56. The number of nitrogens with one attached hydrogen (secondary N) is 1. The van der Waals surface area contributed by atoms with E-state index in [1.165, 1.54) is 10.3 Å². The van der Waals surface area contributed by atoms with Gasteiger partial charge in [-0.25, -0.2) is 4.98 Å². The summed E-state index contributed by atoms with van der Waals surface area (Å²) in [5, 5.41) is 4.55. The number of aromatic nitrogens is 1. The lowest BCUT2D eigenvalue weighted by atomic mass is 9.95. The summed E-state index contributed by atoms with van der Waals surface area (Å²) in [6.45, 7) is 5.96. The van der Waals surface area contributed by atoms with Gasteiger partial charge in [-0.05, 0) is 44.4 Å². The molecular formula is C14H18N2OS. The van der Waals surface area contributed by atoms with Crippen molar-refractivity contribution in [2.75, 3.05) is 18.5 Å². The Morgan fingerprint density at radius 1 is 1.44 bits per heavy atom.